The summed E-state index contributed by atoms with van der Waals surface area (Å²) in [5, 5.41) is 10.5. The third-order valence-electron chi connectivity index (χ3n) is 4.51. The third-order valence-corrected chi connectivity index (χ3v) is 4.51. The summed E-state index contributed by atoms with van der Waals surface area (Å²) >= 11 is 0. The molecule has 0 spiro atoms. The number of benzene rings is 1. The van der Waals surface area contributed by atoms with Gasteiger partial charge < -0.3 is 10.1 Å². The van der Waals surface area contributed by atoms with Gasteiger partial charge in [0.15, 0.2) is 0 Å². The number of aromatic amines is 1. The van der Waals surface area contributed by atoms with E-state index in [4.69, 9.17) is 5.11 Å². The second-order valence-electron chi connectivity index (χ2n) is 5.57. The molecule has 4 rings (SSSR count). The number of fused-ring (bicyclic) bond motifs is 5. The molecule has 0 saturated heterocycles. The van der Waals surface area contributed by atoms with Gasteiger partial charge in [0.25, 0.3) is 0 Å². The SMILES string of the molecule is Cl.O=C(O)C1=CCC2c3[nH]c4ccccc4c3CCN2C1. The summed E-state index contributed by atoms with van der Waals surface area (Å²) in [6, 6.07) is 8.70. The van der Waals surface area contributed by atoms with Crippen molar-refractivity contribution in [2.75, 3.05) is 13.1 Å². The van der Waals surface area contributed by atoms with Crippen molar-refractivity contribution in [3.05, 3.63) is 47.2 Å². The second-order valence-corrected chi connectivity index (χ2v) is 5.57. The second kappa shape index (κ2) is 5.20. The first kappa shape index (κ1) is 14.2. The summed E-state index contributed by atoms with van der Waals surface area (Å²) in [5.41, 5.74) is 4.40. The quantitative estimate of drug-likeness (QED) is 0.852. The van der Waals surface area contributed by atoms with E-state index in [9.17, 15) is 4.79 Å². The third kappa shape index (κ3) is 2.15. The zero-order valence-electron chi connectivity index (χ0n) is 11.5. The molecule has 5 heteroatoms. The topological polar surface area (TPSA) is 56.3 Å². The fourth-order valence-corrected chi connectivity index (χ4v) is 3.52. The van der Waals surface area contributed by atoms with Crippen LogP contribution in [-0.2, 0) is 11.2 Å². The molecule has 1 aromatic carbocycles. The van der Waals surface area contributed by atoms with E-state index in [2.05, 4.69) is 28.1 Å². The number of aromatic nitrogens is 1. The van der Waals surface area contributed by atoms with Gasteiger partial charge in [0.2, 0.25) is 0 Å². The van der Waals surface area contributed by atoms with Crippen LogP contribution in [0.15, 0.2) is 35.9 Å². The minimum Gasteiger partial charge on any atom is -0.478 e. The van der Waals surface area contributed by atoms with Crippen LogP contribution < -0.4 is 0 Å². The lowest BCUT2D eigenvalue weighted by atomic mass is 9.91. The molecule has 1 unspecified atom stereocenters. The van der Waals surface area contributed by atoms with Crippen molar-refractivity contribution in [3.8, 4) is 0 Å². The summed E-state index contributed by atoms with van der Waals surface area (Å²) in [6.45, 7) is 1.49. The number of hydrogen-bond acceptors (Lipinski definition) is 2. The Balaban J connectivity index is 0.00000132. The van der Waals surface area contributed by atoms with Crippen molar-refractivity contribution in [3.63, 3.8) is 0 Å². The van der Waals surface area contributed by atoms with Gasteiger partial charge in [-0.05, 0) is 24.5 Å². The highest BCUT2D eigenvalue weighted by atomic mass is 35.5. The molecular formula is C16H17ClN2O2. The Labute approximate surface area is 128 Å². The molecule has 0 aliphatic carbocycles. The number of H-pyrrole nitrogens is 1. The van der Waals surface area contributed by atoms with Gasteiger partial charge >= 0.3 is 5.97 Å². The molecule has 0 fully saturated rings. The summed E-state index contributed by atoms with van der Waals surface area (Å²) in [5.74, 6) is -0.786. The molecule has 110 valence electrons. The summed E-state index contributed by atoms with van der Waals surface area (Å²) < 4.78 is 0. The fraction of sp³-hybridized carbons (Fsp3) is 0.312. The molecule has 2 aliphatic rings. The molecule has 0 saturated carbocycles. The molecule has 1 atom stereocenters. The van der Waals surface area contributed by atoms with Crippen LogP contribution in [0.1, 0.15) is 23.7 Å². The molecular weight excluding hydrogens is 288 g/mol. The Hall–Kier alpha value is -1.78. The van der Waals surface area contributed by atoms with Crippen LogP contribution in [0.4, 0.5) is 0 Å². The van der Waals surface area contributed by atoms with Crippen molar-refractivity contribution in [2.24, 2.45) is 0 Å². The first-order valence-electron chi connectivity index (χ1n) is 7.00. The van der Waals surface area contributed by atoms with Crippen molar-refractivity contribution in [1.82, 2.24) is 9.88 Å². The number of rotatable bonds is 1. The van der Waals surface area contributed by atoms with E-state index in [1.54, 1.807) is 0 Å². The van der Waals surface area contributed by atoms with E-state index >= 15 is 0 Å². The van der Waals surface area contributed by atoms with Crippen molar-refractivity contribution >= 4 is 29.3 Å². The highest BCUT2D eigenvalue weighted by molar-refractivity contribution is 5.88. The van der Waals surface area contributed by atoms with Crippen LogP contribution in [0.25, 0.3) is 10.9 Å². The van der Waals surface area contributed by atoms with E-state index in [-0.39, 0.29) is 12.4 Å². The largest absolute Gasteiger partial charge is 0.478 e. The van der Waals surface area contributed by atoms with Crippen molar-refractivity contribution in [2.45, 2.75) is 18.9 Å². The molecule has 3 heterocycles. The summed E-state index contributed by atoms with van der Waals surface area (Å²) in [6.07, 6.45) is 3.65. The Morgan fingerprint density at radius 3 is 2.95 bits per heavy atom. The summed E-state index contributed by atoms with van der Waals surface area (Å²) in [7, 11) is 0. The van der Waals surface area contributed by atoms with Gasteiger partial charge in [-0.1, -0.05) is 24.3 Å². The normalized spacial score (nSPS) is 21.1. The average Bonchev–Trinajstić information content (AvgIpc) is 2.85. The van der Waals surface area contributed by atoms with Gasteiger partial charge in [0.1, 0.15) is 0 Å². The van der Waals surface area contributed by atoms with Gasteiger partial charge in [-0.2, -0.15) is 0 Å². The van der Waals surface area contributed by atoms with E-state index in [1.807, 2.05) is 12.1 Å². The van der Waals surface area contributed by atoms with Crippen molar-refractivity contribution in [1.29, 1.82) is 0 Å². The molecule has 1 aromatic heterocycles. The van der Waals surface area contributed by atoms with Crippen molar-refractivity contribution < 1.29 is 9.90 Å². The van der Waals surface area contributed by atoms with E-state index < -0.39 is 5.97 Å². The lowest BCUT2D eigenvalue weighted by molar-refractivity contribution is -0.133. The molecule has 0 bridgehead atoms. The van der Waals surface area contributed by atoms with Crippen LogP contribution in [-0.4, -0.2) is 34.0 Å². The Bertz CT molecular complexity index is 735. The Morgan fingerprint density at radius 1 is 1.33 bits per heavy atom. The maximum Gasteiger partial charge on any atom is 0.332 e. The molecule has 21 heavy (non-hydrogen) atoms. The lowest BCUT2D eigenvalue weighted by Gasteiger charge is -2.38. The fourth-order valence-electron chi connectivity index (χ4n) is 3.52. The number of carbonyl (C=O) groups is 1. The number of carboxylic acids is 1. The molecule has 2 N–H and O–H groups in total. The molecule has 2 aromatic rings. The number of hydrogen-bond donors (Lipinski definition) is 2. The zero-order chi connectivity index (χ0) is 13.7. The van der Waals surface area contributed by atoms with E-state index in [0.717, 1.165) is 19.4 Å². The minimum atomic E-state index is -0.786. The highest BCUT2D eigenvalue weighted by Gasteiger charge is 2.33. The van der Waals surface area contributed by atoms with Gasteiger partial charge in [0.05, 0.1) is 6.04 Å². The lowest BCUT2D eigenvalue weighted by Crippen LogP contribution is -2.39. The molecule has 0 radical (unpaired) electrons. The molecule has 4 nitrogen and oxygen atoms in total. The Morgan fingerprint density at radius 2 is 2.14 bits per heavy atom. The number of halogens is 1. The average molecular weight is 305 g/mol. The number of aliphatic carboxylic acids is 1. The van der Waals surface area contributed by atoms with Gasteiger partial charge in [-0.15, -0.1) is 12.4 Å². The monoisotopic (exact) mass is 304 g/mol. The predicted molar refractivity (Wildman–Crippen MR) is 83.9 cm³/mol. The molecule has 2 aliphatic heterocycles. The number of nitrogens with one attached hydrogen (secondary N) is 1. The first-order valence-corrected chi connectivity index (χ1v) is 7.00. The number of para-hydroxylation sites is 1. The van der Waals surface area contributed by atoms with E-state index in [0.29, 0.717) is 18.2 Å². The standard InChI is InChI=1S/C16H16N2O2.ClH/c19-16(20)10-5-6-14-15-12(7-8-18(14)9-10)11-3-1-2-4-13(11)17-15;/h1-5,14,17H,6-9H2,(H,19,20);1H. The maximum absolute atomic E-state index is 11.1. The van der Waals surface area contributed by atoms with Crippen LogP contribution in [0.3, 0.4) is 0 Å². The van der Waals surface area contributed by atoms with E-state index in [1.165, 1.54) is 22.2 Å². The van der Waals surface area contributed by atoms with Crippen LogP contribution in [0.5, 0.6) is 0 Å². The van der Waals surface area contributed by atoms with Crippen LogP contribution in [0, 0.1) is 0 Å². The Kier molecular flexibility index (Phi) is 3.51. The van der Waals surface area contributed by atoms with Crippen LogP contribution in [0.2, 0.25) is 0 Å². The predicted octanol–water partition coefficient (Wildman–Crippen LogP) is 2.90. The first-order chi connectivity index (χ1) is 9.74. The zero-order valence-corrected chi connectivity index (χ0v) is 12.3. The van der Waals surface area contributed by atoms with Gasteiger partial charge in [-0.25, -0.2) is 4.79 Å². The van der Waals surface area contributed by atoms with Crippen LogP contribution >= 0.6 is 12.4 Å². The summed E-state index contributed by atoms with van der Waals surface area (Å²) in [4.78, 5) is 16.9. The smallest absolute Gasteiger partial charge is 0.332 e. The van der Waals surface area contributed by atoms with Gasteiger partial charge in [0, 0.05) is 35.3 Å². The highest BCUT2D eigenvalue weighted by Crippen LogP contribution is 2.38. The number of nitrogens with zero attached hydrogens (tertiary/aromatic N) is 1. The van der Waals surface area contributed by atoms with Gasteiger partial charge in [-0.3, -0.25) is 4.90 Å². The number of carboxylic acid groups (broad SMARTS) is 1. The maximum atomic E-state index is 11.1. The minimum absolute atomic E-state index is 0. The molecule has 0 amide bonds.